The van der Waals surface area contributed by atoms with Gasteiger partial charge in [-0.15, -0.1) is 0 Å². The molecule has 1 fully saturated rings. The highest BCUT2D eigenvalue weighted by Gasteiger charge is 2.21. The van der Waals surface area contributed by atoms with Crippen molar-refractivity contribution in [2.75, 3.05) is 7.11 Å². The summed E-state index contributed by atoms with van der Waals surface area (Å²) in [5.41, 5.74) is 0.921. The maximum Gasteiger partial charge on any atom is 0.165 e. The Labute approximate surface area is 113 Å². The average molecular weight is 267 g/mol. The first-order chi connectivity index (χ1) is 9.10. The highest BCUT2D eigenvalue weighted by molar-refractivity contribution is 5.30. The van der Waals surface area contributed by atoms with Crippen LogP contribution in [0.25, 0.3) is 0 Å². The molecule has 1 unspecified atom stereocenters. The van der Waals surface area contributed by atoms with Crippen LogP contribution in [-0.4, -0.2) is 24.4 Å². The predicted molar refractivity (Wildman–Crippen MR) is 72.8 cm³/mol. The highest BCUT2D eigenvalue weighted by atomic mass is 19.1. The maximum atomic E-state index is 13.7. The zero-order valence-corrected chi connectivity index (χ0v) is 11.5. The van der Waals surface area contributed by atoms with Crippen LogP contribution in [0.4, 0.5) is 4.39 Å². The fourth-order valence-corrected chi connectivity index (χ4v) is 2.64. The lowest BCUT2D eigenvalue weighted by atomic mass is 9.92. The van der Waals surface area contributed by atoms with Crippen molar-refractivity contribution < 1.29 is 14.2 Å². The molecular weight excluding hydrogens is 245 g/mol. The Morgan fingerprint density at radius 1 is 1.32 bits per heavy atom. The van der Waals surface area contributed by atoms with Crippen LogP contribution in [0.5, 0.6) is 5.75 Å². The van der Waals surface area contributed by atoms with Gasteiger partial charge in [0.05, 0.1) is 13.2 Å². The van der Waals surface area contributed by atoms with Gasteiger partial charge >= 0.3 is 0 Å². The third-order valence-electron chi connectivity index (χ3n) is 3.86. The van der Waals surface area contributed by atoms with Crippen molar-refractivity contribution >= 4 is 0 Å². The van der Waals surface area contributed by atoms with Gasteiger partial charge in [-0.3, -0.25) is 0 Å². The predicted octanol–water partition coefficient (Wildman–Crippen LogP) is 2.79. The molecule has 0 aromatic heterocycles. The van der Waals surface area contributed by atoms with E-state index in [9.17, 15) is 9.50 Å². The molecule has 1 aromatic carbocycles. The summed E-state index contributed by atoms with van der Waals surface area (Å²) < 4.78 is 18.6. The van der Waals surface area contributed by atoms with Crippen molar-refractivity contribution in [2.45, 2.75) is 50.8 Å². The minimum absolute atomic E-state index is 0.0978. The summed E-state index contributed by atoms with van der Waals surface area (Å²) in [5, 5.41) is 13.0. The Hall–Kier alpha value is -1.13. The first-order valence-corrected chi connectivity index (χ1v) is 6.87. The molecule has 1 aromatic rings. The number of benzene rings is 1. The number of ether oxygens (including phenoxy) is 1. The highest BCUT2D eigenvalue weighted by Crippen LogP contribution is 2.24. The molecule has 0 amide bonds. The van der Waals surface area contributed by atoms with E-state index in [4.69, 9.17) is 4.74 Å². The summed E-state index contributed by atoms with van der Waals surface area (Å²) in [5.74, 6) is -0.0514. The van der Waals surface area contributed by atoms with Crippen LogP contribution < -0.4 is 10.1 Å². The number of nitrogens with one attached hydrogen (secondary N) is 1. The lowest BCUT2D eigenvalue weighted by Crippen LogP contribution is -2.36. The third kappa shape index (κ3) is 3.67. The average Bonchev–Trinajstić information content (AvgIpc) is 2.41. The molecule has 4 heteroatoms. The summed E-state index contributed by atoms with van der Waals surface area (Å²) in [6.45, 7) is 2.03. The Kier molecular flexibility index (Phi) is 4.77. The Morgan fingerprint density at radius 2 is 2.00 bits per heavy atom. The summed E-state index contributed by atoms with van der Waals surface area (Å²) in [6.07, 6.45) is 3.50. The van der Waals surface area contributed by atoms with Crippen LogP contribution in [0.2, 0.25) is 0 Å². The molecule has 0 radical (unpaired) electrons. The van der Waals surface area contributed by atoms with Crippen molar-refractivity contribution in [3.05, 3.63) is 29.6 Å². The second-order valence-electron chi connectivity index (χ2n) is 5.29. The van der Waals surface area contributed by atoms with Crippen molar-refractivity contribution in [3.8, 4) is 5.75 Å². The molecule has 1 atom stereocenters. The van der Waals surface area contributed by atoms with Crippen LogP contribution >= 0.6 is 0 Å². The van der Waals surface area contributed by atoms with Gasteiger partial charge < -0.3 is 15.2 Å². The minimum Gasteiger partial charge on any atom is -0.494 e. The number of aliphatic hydroxyl groups excluding tert-OH is 1. The zero-order chi connectivity index (χ0) is 13.8. The molecule has 1 aliphatic carbocycles. The normalized spacial score (nSPS) is 25.1. The molecule has 0 heterocycles. The second-order valence-corrected chi connectivity index (χ2v) is 5.29. The fraction of sp³-hybridized carbons (Fsp3) is 0.600. The standard InChI is InChI=1S/C15H22FNO2/c1-10(17-12-4-6-13(18)7-5-12)11-3-8-15(19-2)14(16)9-11/h3,8-10,12-13,17-18H,4-7H2,1-2H3. The van der Waals surface area contributed by atoms with E-state index in [1.807, 2.05) is 13.0 Å². The number of aliphatic hydroxyl groups is 1. The molecule has 3 nitrogen and oxygen atoms in total. The van der Waals surface area contributed by atoms with Gasteiger partial charge in [-0.2, -0.15) is 0 Å². The van der Waals surface area contributed by atoms with Crippen molar-refractivity contribution in [1.82, 2.24) is 5.32 Å². The van der Waals surface area contributed by atoms with Gasteiger partial charge in [0.1, 0.15) is 0 Å². The van der Waals surface area contributed by atoms with E-state index >= 15 is 0 Å². The van der Waals surface area contributed by atoms with Crippen molar-refractivity contribution in [1.29, 1.82) is 0 Å². The molecule has 0 aliphatic heterocycles. The summed E-state index contributed by atoms with van der Waals surface area (Å²) in [7, 11) is 1.47. The van der Waals surface area contributed by atoms with Crippen LogP contribution in [0.1, 0.15) is 44.2 Å². The molecular formula is C15H22FNO2. The molecule has 106 valence electrons. The number of hydrogen-bond acceptors (Lipinski definition) is 3. The lowest BCUT2D eigenvalue weighted by Gasteiger charge is -2.29. The molecule has 0 saturated heterocycles. The topological polar surface area (TPSA) is 41.5 Å². The number of halogens is 1. The Balaban J connectivity index is 1.96. The maximum absolute atomic E-state index is 13.7. The van der Waals surface area contributed by atoms with E-state index < -0.39 is 0 Å². The molecule has 19 heavy (non-hydrogen) atoms. The number of rotatable bonds is 4. The van der Waals surface area contributed by atoms with Crippen LogP contribution in [0.3, 0.4) is 0 Å². The van der Waals surface area contributed by atoms with Crippen LogP contribution in [0.15, 0.2) is 18.2 Å². The van der Waals surface area contributed by atoms with Crippen LogP contribution in [-0.2, 0) is 0 Å². The smallest absolute Gasteiger partial charge is 0.165 e. The van der Waals surface area contributed by atoms with E-state index in [0.717, 1.165) is 31.2 Å². The molecule has 1 saturated carbocycles. The van der Waals surface area contributed by atoms with Gasteiger partial charge in [0.2, 0.25) is 0 Å². The van der Waals surface area contributed by atoms with Gasteiger partial charge in [0.25, 0.3) is 0 Å². The molecule has 0 bridgehead atoms. The Bertz CT molecular complexity index is 417. The minimum atomic E-state index is -0.326. The zero-order valence-electron chi connectivity index (χ0n) is 11.5. The van der Waals surface area contributed by atoms with Gasteiger partial charge in [-0.25, -0.2) is 4.39 Å². The molecule has 1 aliphatic rings. The van der Waals surface area contributed by atoms with E-state index in [1.54, 1.807) is 6.07 Å². The van der Waals surface area contributed by atoms with Crippen molar-refractivity contribution in [2.24, 2.45) is 0 Å². The van der Waals surface area contributed by atoms with E-state index in [0.29, 0.717) is 6.04 Å². The van der Waals surface area contributed by atoms with Gasteiger partial charge in [0.15, 0.2) is 11.6 Å². The summed E-state index contributed by atoms with van der Waals surface area (Å²) in [4.78, 5) is 0. The number of methoxy groups -OCH3 is 1. The molecule has 2 N–H and O–H groups in total. The third-order valence-corrected chi connectivity index (χ3v) is 3.86. The lowest BCUT2D eigenvalue weighted by molar-refractivity contribution is 0.114. The van der Waals surface area contributed by atoms with Gasteiger partial charge in [0, 0.05) is 12.1 Å². The number of hydrogen-bond donors (Lipinski definition) is 2. The second kappa shape index (κ2) is 6.35. The van der Waals surface area contributed by atoms with Gasteiger partial charge in [-0.05, 0) is 50.3 Å². The van der Waals surface area contributed by atoms with E-state index in [-0.39, 0.29) is 23.7 Å². The summed E-state index contributed by atoms with van der Waals surface area (Å²) >= 11 is 0. The van der Waals surface area contributed by atoms with E-state index in [2.05, 4.69) is 5.32 Å². The van der Waals surface area contributed by atoms with Crippen molar-refractivity contribution in [3.63, 3.8) is 0 Å². The first-order valence-electron chi connectivity index (χ1n) is 6.87. The van der Waals surface area contributed by atoms with Gasteiger partial charge in [-0.1, -0.05) is 6.07 Å². The SMILES string of the molecule is COc1ccc(C(C)NC2CCC(O)CC2)cc1F. The summed E-state index contributed by atoms with van der Waals surface area (Å²) in [6, 6.07) is 5.57. The molecule has 2 rings (SSSR count). The quantitative estimate of drug-likeness (QED) is 0.881. The monoisotopic (exact) mass is 267 g/mol. The van der Waals surface area contributed by atoms with E-state index in [1.165, 1.54) is 13.2 Å². The fourth-order valence-electron chi connectivity index (χ4n) is 2.64. The first kappa shape index (κ1) is 14.3. The molecule has 0 spiro atoms. The van der Waals surface area contributed by atoms with Crippen LogP contribution in [0, 0.1) is 5.82 Å². The largest absolute Gasteiger partial charge is 0.494 e. The Morgan fingerprint density at radius 3 is 2.58 bits per heavy atom.